The molecule has 1 amide bonds. The lowest BCUT2D eigenvalue weighted by molar-refractivity contribution is -0.130. The highest BCUT2D eigenvalue weighted by Gasteiger charge is 2.26. The molecule has 0 spiro atoms. The maximum Gasteiger partial charge on any atom is 0.222 e. The maximum atomic E-state index is 13.0. The quantitative estimate of drug-likeness (QED) is 0.474. The summed E-state index contributed by atoms with van der Waals surface area (Å²) in [5.74, 6) is 2.17. The van der Waals surface area contributed by atoms with Crippen molar-refractivity contribution in [1.82, 2.24) is 34.5 Å². The molecule has 8 heteroatoms. The first kappa shape index (κ1) is 23.6. The van der Waals surface area contributed by atoms with E-state index < -0.39 is 0 Å². The van der Waals surface area contributed by atoms with Crippen LogP contribution < -0.4 is 0 Å². The van der Waals surface area contributed by atoms with Gasteiger partial charge in [0.1, 0.15) is 0 Å². The number of likely N-dealkylation sites (tertiary alicyclic amines) is 1. The average Bonchev–Trinajstić information content (AvgIpc) is 3.53. The molecule has 0 radical (unpaired) electrons. The first-order valence-corrected chi connectivity index (χ1v) is 11.9. The van der Waals surface area contributed by atoms with Crippen LogP contribution >= 0.6 is 0 Å². The molecule has 1 atom stereocenters. The first-order chi connectivity index (χ1) is 16.4. The van der Waals surface area contributed by atoms with Crippen LogP contribution in [0.15, 0.2) is 48.6 Å². The zero-order valence-electron chi connectivity index (χ0n) is 20.5. The van der Waals surface area contributed by atoms with E-state index in [1.807, 2.05) is 48.6 Å². The summed E-state index contributed by atoms with van der Waals surface area (Å²) in [5.41, 5.74) is 5.05. The van der Waals surface area contributed by atoms with E-state index in [4.69, 9.17) is 5.10 Å². The van der Waals surface area contributed by atoms with E-state index in [1.165, 1.54) is 5.57 Å². The van der Waals surface area contributed by atoms with Gasteiger partial charge in [-0.1, -0.05) is 36.5 Å². The second kappa shape index (κ2) is 10.2. The number of aryl methyl sites for hydroxylation is 2. The van der Waals surface area contributed by atoms with Crippen molar-refractivity contribution in [3.05, 3.63) is 71.4 Å². The molecule has 1 saturated heterocycles. The molecule has 0 bridgehead atoms. The summed E-state index contributed by atoms with van der Waals surface area (Å²) in [6.45, 7) is 13.4. The Morgan fingerprint density at radius 1 is 1.21 bits per heavy atom. The van der Waals surface area contributed by atoms with E-state index in [1.54, 1.807) is 10.6 Å². The Morgan fingerprint density at radius 2 is 2.03 bits per heavy atom. The molecule has 8 nitrogen and oxygen atoms in total. The third-order valence-corrected chi connectivity index (χ3v) is 6.63. The molecule has 0 aromatic carbocycles. The number of hydrogen-bond donors (Lipinski definition) is 0. The van der Waals surface area contributed by atoms with Crippen molar-refractivity contribution < 1.29 is 4.79 Å². The minimum absolute atomic E-state index is 0.220. The Hall–Kier alpha value is -3.55. The molecule has 0 saturated carbocycles. The molecule has 1 aliphatic heterocycles. The normalized spacial score (nSPS) is 16.8. The van der Waals surface area contributed by atoms with Gasteiger partial charge in [0.25, 0.3) is 0 Å². The summed E-state index contributed by atoms with van der Waals surface area (Å²) in [4.78, 5) is 15.0. The summed E-state index contributed by atoms with van der Waals surface area (Å²) >= 11 is 0. The predicted octanol–water partition coefficient (Wildman–Crippen LogP) is 4.09. The second-order valence-electron chi connectivity index (χ2n) is 8.93. The van der Waals surface area contributed by atoms with Crippen LogP contribution in [0.25, 0.3) is 11.5 Å². The number of carbonyl (C=O) groups is 1. The third-order valence-electron chi connectivity index (χ3n) is 6.63. The monoisotopic (exact) mass is 459 g/mol. The van der Waals surface area contributed by atoms with Gasteiger partial charge in [-0.2, -0.15) is 9.61 Å². The average molecular weight is 460 g/mol. The van der Waals surface area contributed by atoms with Crippen LogP contribution in [0.3, 0.4) is 0 Å². The van der Waals surface area contributed by atoms with Crippen molar-refractivity contribution in [2.45, 2.75) is 53.4 Å². The summed E-state index contributed by atoms with van der Waals surface area (Å²) in [5, 5.41) is 17.5. The zero-order valence-corrected chi connectivity index (χ0v) is 20.5. The molecule has 0 unspecified atom stereocenters. The van der Waals surface area contributed by atoms with Crippen molar-refractivity contribution in [3.8, 4) is 5.82 Å². The van der Waals surface area contributed by atoms with E-state index >= 15 is 0 Å². The molecule has 0 N–H and O–H groups in total. The second-order valence-corrected chi connectivity index (χ2v) is 8.93. The number of fused-ring (bicyclic) bond motifs is 1. The number of aromatic nitrogens is 6. The van der Waals surface area contributed by atoms with Crippen LogP contribution in [0, 0.1) is 26.7 Å². The topological polar surface area (TPSA) is 81.2 Å². The van der Waals surface area contributed by atoms with Crippen molar-refractivity contribution in [2.24, 2.45) is 5.92 Å². The largest absolute Gasteiger partial charge is 0.342 e. The van der Waals surface area contributed by atoms with Gasteiger partial charge >= 0.3 is 0 Å². The number of hydrogen-bond acceptors (Lipinski definition) is 5. The van der Waals surface area contributed by atoms with E-state index in [0.29, 0.717) is 30.2 Å². The van der Waals surface area contributed by atoms with Gasteiger partial charge < -0.3 is 4.90 Å². The lowest BCUT2D eigenvalue weighted by Gasteiger charge is -2.17. The maximum absolute atomic E-state index is 13.0. The van der Waals surface area contributed by atoms with Gasteiger partial charge in [0.15, 0.2) is 17.3 Å². The van der Waals surface area contributed by atoms with Gasteiger partial charge in [-0.05, 0) is 70.6 Å². The highest BCUT2D eigenvalue weighted by molar-refractivity contribution is 5.76. The Balaban J connectivity index is 1.39. The van der Waals surface area contributed by atoms with Crippen LogP contribution in [0.4, 0.5) is 0 Å². The Morgan fingerprint density at radius 3 is 2.79 bits per heavy atom. The van der Waals surface area contributed by atoms with E-state index in [2.05, 4.69) is 41.0 Å². The Labute approximate surface area is 200 Å². The fourth-order valence-corrected chi connectivity index (χ4v) is 4.68. The molecule has 4 heterocycles. The highest BCUT2D eigenvalue weighted by Crippen LogP contribution is 2.25. The number of carbonyl (C=O) groups excluding carboxylic acids is 1. The van der Waals surface area contributed by atoms with E-state index in [0.717, 1.165) is 48.7 Å². The smallest absolute Gasteiger partial charge is 0.222 e. The molecule has 3 aromatic rings. The van der Waals surface area contributed by atoms with Crippen molar-refractivity contribution in [2.75, 3.05) is 13.1 Å². The standard InChI is InChI=1S/C26H33N7O/c1-6-8-9-21(7-2)16-22-14-15-31(17-22)26(34)13-10-23-18(3)29-32(19(23)4)25-12-11-24-28-27-20(5)33(24)30-25/h6-9,11-12,22H,1,10,13-17H2,2-5H3/b9-8-,21-7+/t22-/m1/s1. The lowest BCUT2D eigenvalue weighted by atomic mass is 9.98. The summed E-state index contributed by atoms with van der Waals surface area (Å²) in [6, 6.07) is 3.78. The van der Waals surface area contributed by atoms with Crippen molar-refractivity contribution >= 4 is 11.6 Å². The molecular formula is C26H33N7O. The van der Waals surface area contributed by atoms with Crippen LogP contribution in [0.1, 0.15) is 49.0 Å². The van der Waals surface area contributed by atoms with Gasteiger partial charge in [-0.3, -0.25) is 4.79 Å². The number of allylic oxidation sites excluding steroid dienone is 5. The fourth-order valence-electron chi connectivity index (χ4n) is 4.68. The van der Waals surface area contributed by atoms with Gasteiger partial charge in [-0.25, -0.2) is 4.68 Å². The van der Waals surface area contributed by atoms with Crippen molar-refractivity contribution in [1.29, 1.82) is 0 Å². The molecule has 1 fully saturated rings. The van der Waals surface area contributed by atoms with Crippen LogP contribution in [0.5, 0.6) is 0 Å². The lowest BCUT2D eigenvalue weighted by Crippen LogP contribution is -2.29. The molecule has 34 heavy (non-hydrogen) atoms. The van der Waals surface area contributed by atoms with Gasteiger partial charge in [0, 0.05) is 25.2 Å². The zero-order chi connectivity index (χ0) is 24.2. The molecule has 3 aromatic heterocycles. The minimum atomic E-state index is 0.220. The molecule has 4 rings (SSSR count). The van der Waals surface area contributed by atoms with Crippen molar-refractivity contribution in [3.63, 3.8) is 0 Å². The summed E-state index contributed by atoms with van der Waals surface area (Å²) in [6.07, 6.45) is 11.2. The van der Waals surface area contributed by atoms with Gasteiger partial charge in [-0.15, -0.1) is 15.3 Å². The number of amides is 1. The fraction of sp³-hybridized carbons (Fsp3) is 0.423. The van der Waals surface area contributed by atoms with E-state index in [-0.39, 0.29) is 5.91 Å². The number of rotatable bonds is 8. The molecule has 178 valence electrons. The molecular weight excluding hydrogens is 426 g/mol. The van der Waals surface area contributed by atoms with Gasteiger partial charge in [0.05, 0.1) is 5.69 Å². The first-order valence-electron chi connectivity index (χ1n) is 11.9. The molecule has 0 aliphatic carbocycles. The van der Waals surface area contributed by atoms with E-state index in [9.17, 15) is 4.79 Å². The molecule has 1 aliphatic rings. The third kappa shape index (κ3) is 4.85. The van der Waals surface area contributed by atoms with Crippen LogP contribution in [0.2, 0.25) is 0 Å². The summed E-state index contributed by atoms with van der Waals surface area (Å²) < 4.78 is 3.56. The number of nitrogens with zero attached hydrogens (tertiary/aromatic N) is 7. The SMILES string of the molecule is C=C/C=C\C(=C/C)C[C@H]1CCN(C(=O)CCc2c(C)nn(-c3ccc4nnc(C)n4n3)c2C)C1. The Kier molecular flexibility index (Phi) is 7.05. The van der Waals surface area contributed by atoms with Gasteiger partial charge in [0.2, 0.25) is 5.91 Å². The van der Waals surface area contributed by atoms with Crippen LogP contribution in [-0.4, -0.2) is 53.5 Å². The Bertz CT molecular complexity index is 1260. The summed E-state index contributed by atoms with van der Waals surface area (Å²) in [7, 11) is 0. The highest BCUT2D eigenvalue weighted by atomic mass is 16.2. The minimum Gasteiger partial charge on any atom is -0.342 e. The predicted molar refractivity (Wildman–Crippen MR) is 133 cm³/mol. The van der Waals surface area contributed by atoms with Crippen LogP contribution in [-0.2, 0) is 11.2 Å².